The predicted octanol–water partition coefficient (Wildman–Crippen LogP) is 4.67. The topological polar surface area (TPSA) is 86.6 Å². The Bertz CT molecular complexity index is 1300. The zero-order valence-corrected chi connectivity index (χ0v) is 17.1. The van der Waals surface area contributed by atoms with Gasteiger partial charge in [-0.15, -0.1) is 11.3 Å². The average Bonchev–Trinajstić information content (AvgIpc) is 3.13. The fraction of sp³-hybridized carbons (Fsp3) is 0.174. The summed E-state index contributed by atoms with van der Waals surface area (Å²) in [5.74, 6) is -0.577. The van der Waals surface area contributed by atoms with E-state index in [0.717, 1.165) is 51.1 Å². The highest BCUT2D eigenvalue weighted by Gasteiger charge is 2.26. The highest BCUT2D eigenvalue weighted by molar-refractivity contribution is 7.17. The first-order valence-corrected chi connectivity index (χ1v) is 10.6. The number of amides is 1. The number of phenols is 2. The molecule has 2 aromatic heterocycles. The number of anilines is 1. The number of thiophene rings is 1. The molecule has 1 aliphatic heterocycles. The van der Waals surface area contributed by atoms with Gasteiger partial charge in [-0.25, -0.2) is 9.97 Å². The number of aromatic hydroxyl groups is 2. The molecule has 0 spiro atoms. The summed E-state index contributed by atoms with van der Waals surface area (Å²) < 4.78 is 0. The fourth-order valence-electron chi connectivity index (χ4n) is 4.04. The van der Waals surface area contributed by atoms with Crippen molar-refractivity contribution in [3.8, 4) is 22.8 Å². The molecule has 3 heterocycles. The first-order valence-electron chi connectivity index (χ1n) is 9.69. The van der Waals surface area contributed by atoms with Crippen LogP contribution in [0.25, 0.3) is 21.5 Å². The number of phenolic OH excluding ortho intramolecular Hbond substituents is 2. The lowest BCUT2D eigenvalue weighted by Gasteiger charge is -2.30. The van der Waals surface area contributed by atoms with E-state index in [4.69, 9.17) is 0 Å². The van der Waals surface area contributed by atoms with E-state index in [-0.39, 0.29) is 23.0 Å². The molecule has 150 valence electrons. The third-order valence-corrected chi connectivity index (χ3v) is 6.49. The molecular weight excluding hydrogens is 398 g/mol. The molecule has 7 heteroatoms. The van der Waals surface area contributed by atoms with Crippen LogP contribution in [0.3, 0.4) is 0 Å². The van der Waals surface area contributed by atoms with Crippen molar-refractivity contribution in [3.63, 3.8) is 0 Å². The molecular formula is C23H19N3O3S. The Balaban J connectivity index is 1.56. The normalized spacial score (nSPS) is 13.4. The van der Waals surface area contributed by atoms with E-state index in [2.05, 4.69) is 28.3 Å². The lowest BCUT2D eigenvalue weighted by atomic mass is 9.96. The summed E-state index contributed by atoms with van der Waals surface area (Å²) in [6, 6.07) is 10.1. The van der Waals surface area contributed by atoms with E-state index < -0.39 is 0 Å². The van der Waals surface area contributed by atoms with Crippen LogP contribution in [0.15, 0.2) is 48.1 Å². The molecule has 0 bridgehead atoms. The number of carbonyl (C=O) groups excluding carboxylic acids is 1. The Kier molecular flexibility index (Phi) is 4.40. The van der Waals surface area contributed by atoms with Gasteiger partial charge in [0.15, 0.2) is 0 Å². The molecule has 5 rings (SSSR count). The number of hydrogen-bond donors (Lipinski definition) is 2. The molecule has 2 aromatic carbocycles. The number of aromatic nitrogens is 2. The van der Waals surface area contributed by atoms with Gasteiger partial charge in [0.1, 0.15) is 22.7 Å². The van der Waals surface area contributed by atoms with Gasteiger partial charge < -0.3 is 15.1 Å². The van der Waals surface area contributed by atoms with Crippen molar-refractivity contribution in [1.29, 1.82) is 0 Å². The maximum absolute atomic E-state index is 13.1. The summed E-state index contributed by atoms with van der Waals surface area (Å²) >= 11 is 1.61. The second-order valence-corrected chi connectivity index (χ2v) is 8.28. The van der Waals surface area contributed by atoms with Crippen LogP contribution in [0.4, 0.5) is 5.69 Å². The number of carbonyl (C=O) groups is 1. The molecule has 1 amide bonds. The zero-order valence-electron chi connectivity index (χ0n) is 16.3. The van der Waals surface area contributed by atoms with E-state index in [9.17, 15) is 15.0 Å². The Morgan fingerprint density at radius 1 is 1.13 bits per heavy atom. The second-order valence-electron chi connectivity index (χ2n) is 7.43. The Morgan fingerprint density at radius 2 is 2.00 bits per heavy atom. The van der Waals surface area contributed by atoms with Crippen LogP contribution >= 0.6 is 11.3 Å². The van der Waals surface area contributed by atoms with Gasteiger partial charge in [-0.1, -0.05) is 6.07 Å². The van der Waals surface area contributed by atoms with Gasteiger partial charge in [0.05, 0.1) is 11.3 Å². The van der Waals surface area contributed by atoms with Crippen molar-refractivity contribution < 1.29 is 15.0 Å². The SMILES string of the molecule is Cc1csc2ncnc(-c3ccc4c(c3)CCCN4C(=O)c3ccc(O)cc3O)c12. The fourth-order valence-corrected chi connectivity index (χ4v) is 4.93. The van der Waals surface area contributed by atoms with E-state index >= 15 is 0 Å². The molecule has 0 saturated carbocycles. The van der Waals surface area contributed by atoms with Gasteiger partial charge >= 0.3 is 0 Å². The maximum Gasteiger partial charge on any atom is 0.262 e. The van der Waals surface area contributed by atoms with Crippen molar-refractivity contribution in [2.45, 2.75) is 19.8 Å². The van der Waals surface area contributed by atoms with Gasteiger partial charge in [-0.2, -0.15) is 0 Å². The minimum atomic E-state index is -0.278. The van der Waals surface area contributed by atoms with Crippen LogP contribution in [0.1, 0.15) is 27.9 Å². The number of nitrogens with zero attached hydrogens (tertiary/aromatic N) is 3. The Labute approximate surface area is 177 Å². The van der Waals surface area contributed by atoms with Crippen molar-refractivity contribution in [3.05, 3.63) is 64.8 Å². The van der Waals surface area contributed by atoms with Crippen LogP contribution in [0, 0.1) is 6.92 Å². The lowest BCUT2D eigenvalue weighted by molar-refractivity contribution is 0.0982. The van der Waals surface area contributed by atoms with E-state index in [1.807, 2.05) is 12.1 Å². The molecule has 2 N–H and O–H groups in total. The van der Waals surface area contributed by atoms with Gasteiger partial charge in [0.2, 0.25) is 0 Å². The van der Waals surface area contributed by atoms with Crippen LogP contribution in [0.2, 0.25) is 0 Å². The van der Waals surface area contributed by atoms with Gasteiger partial charge in [-0.3, -0.25) is 4.79 Å². The molecule has 0 aliphatic carbocycles. The summed E-state index contributed by atoms with van der Waals surface area (Å²) in [5.41, 5.74) is 5.16. The minimum Gasteiger partial charge on any atom is -0.508 e. The van der Waals surface area contributed by atoms with Crippen LogP contribution in [-0.4, -0.2) is 32.6 Å². The van der Waals surface area contributed by atoms with Gasteiger partial charge in [0.25, 0.3) is 5.91 Å². The summed E-state index contributed by atoms with van der Waals surface area (Å²) in [6.45, 7) is 2.64. The van der Waals surface area contributed by atoms with Crippen molar-refractivity contribution in [1.82, 2.24) is 9.97 Å². The molecule has 0 atom stereocenters. The minimum absolute atomic E-state index is 0.0763. The van der Waals surface area contributed by atoms with Crippen LogP contribution in [-0.2, 0) is 6.42 Å². The molecule has 6 nitrogen and oxygen atoms in total. The number of rotatable bonds is 2. The van der Waals surface area contributed by atoms with E-state index in [1.54, 1.807) is 22.6 Å². The largest absolute Gasteiger partial charge is 0.508 e. The summed E-state index contributed by atoms with van der Waals surface area (Å²) in [7, 11) is 0. The number of benzene rings is 2. The molecule has 1 aliphatic rings. The zero-order chi connectivity index (χ0) is 20.8. The van der Waals surface area contributed by atoms with Crippen LogP contribution < -0.4 is 4.90 Å². The first kappa shape index (κ1) is 18.6. The molecule has 30 heavy (non-hydrogen) atoms. The van der Waals surface area contributed by atoms with Crippen molar-refractivity contribution in [2.75, 3.05) is 11.4 Å². The molecule has 0 unspecified atom stereocenters. The number of aryl methyl sites for hydroxylation is 2. The maximum atomic E-state index is 13.1. The average molecular weight is 417 g/mol. The van der Waals surface area contributed by atoms with Crippen molar-refractivity contribution in [2.24, 2.45) is 0 Å². The molecule has 0 fully saturated rings. The second kappa shape index (κ2) is 7.11. The standard InChI is InChI=1S/C23H19N3O3S/c1-13-11-30-22-20(13)21(24-12-25-22)15-4-7-18-14(9-15)3-2-8-26(18)23(29)17-6-5-16(27)10-19(17)28/h4-7,9-12,27-28H,2-3,8H2,1H3. The Morgan fingerprint density at radius 3 is 2.83 bits per heavy atom. The summed E-state index contributed by atoms with van der Waals surface area (Å²) in [5, 5.41) is 22.8. The molecule has 4 aromatic rings. The third kappa shape index (κ3) is 2.98. The number of fused-ring (bicyclic) bond motifs is 2. The molecule has 0 saturated heterocycles. The quantitative estimate of drug-likeness (QED) is 0.495. The van der Waals surface area contributed by atoms with Gasteiger partial charge in [0, 0.05) is 29.2 Å². The van der Waals surface area contributed by atoms with Crippen molar-refractivity contribution >= 4 is 33.1 Å². The summed E-state index contributed by atoms with van der Waals surface area (Å²) in [6.07, 6.45) is 3.29. The third-order valence-electron chi connectivity index (χ3n) is 5.48. The predicted molar refractivity (Wildman–Crippen MR) is 117 cm³/mol. The lowest BCUT2D eigenvalue weighted by Crippen LogP contribution is -2.35. The summed E-state index contributed by atoms with van der Waals surface area (Å²) in [4.78, 5) is 24.7. The van der Waals surface area contributed by atoms with Gasteiger partial charge in [-0.05, 0) is 60.5 Å². The highest BCUT2D eigenvalue weighted by Crippen LogP contribution is 2.36. The molecule has 0 radical (unpaired) electrons. The van der Waals surface area contributed by atoms with Crippen LogP contribution in [0.5, 0.6) is 11.5 Å². The van der Waals surface area contributed by atoms with E-state index in [0.29, 0.717) is 6.54 Å². The monoisotopic (exact) mass is 417 g/mol. The highest BCUT2D eigenvalue weighted by atomic mass is 32.1. The smallest absolute Gasteiger partial charge is 0.262 e. The number of hydrogen-bond acceptors (Lipinski definition) is 6. The van der Waals surface area contributed by atoms with E-state index in [1.165, 1.54) is 18.2 Å². The Hall–Kier alpha value is -3.45. The first-order chi connectivity index (χ1) is 14.5.